The van der Waals surface area contributed by atoms with Gasteiger partial charge in [0, 0.05) is 27.8 Å². The van der Waals surface area contributed by atoms with Crippen LogP contribution in [0.3, 0.4) is 0 Å². The highest BCUT2D eigenvalue weighted by Crippen LogP contribution is 2.31. The molecule has 0 atom stereocenters. The summed E-state index contributed by atoms with van der Waals surface area (Å²) >= 11 is 9.54. The molecule has 0 aliphatic heterocycles. The lowest BCUT2D eigenvalue weighted by Crippen LogP contribution is -2.02. The van der Waals surface area contributed by atoms with E-state index in [2.05, 4.69) is 21.2 Å². The average molecular weight is 371 g/mol. The second-order valence-corrected chi connectivity index (χ2v) is 5.68. The van der Waals surface area contributed by atoms with E-state index >= 15 is 0 Å². The first kappa shape index (κ1) is 16.0. The third kappa shape index (κ3) is 4.29. The molecule has 0 aromatic heterocycles. The van der Waals surface area contributed by atoms with Gasteiger partial charge in [0.2, 0.25) is 0 Å². The molecule has 0 spiro atoms. The predicted molar refractivity (Wildman–Crippen MR) is 90.6 cm³/mol. The van der Waals surface area contributed by atoms with Crippen LogP contribution in [0.25, 0.3) is 0 Å². The number of benzene rings is 2. The van der Waals surface area contributed by atoms with Crippen LogP contribution in [-0.2, 0) is 6.54 Å². The SMILES string of the molecule is CCOc1cc(NCc2cc(Cl)ccc2Br)ccc1OC. The Morgan fingerprint density at radius 2 is 1.95 bits per heavy atom. The Morgan fingerprint density at radius 1 is 1.14 bits per heavy atom. The van der Waals surface area contributed by atoms with Crippen LogP contribution in [0.1, 0.15) is 12.5 Å². The minimum absolute atomic E-state index is 0.597. The summed E-state index contributed by atoms with van der Waals surface area (Å²) in [5.41, 5.74) is 2.06. The molecule has 21 heavy (non-hydrogen) atoms. The number of rotatable bonds is 6. The monoisotopic (exact) mass is 369 g/mol. The number of hydrogen-bond donors (Lipinski definition) is 1. The van der Waals surface area contributed by atoms with Gasteiger partial charge in [-0.1, -0.05) is 27.5 Å². The number of halogens is 2. The molecule has 0 heterocycles. The summed E-state index contributed by atoms with van der Waals surface area (Å²) in [5.74, 6) is 1.46. The first-order valence-corrected chi connectivity index (χ1v) is 7.79. The van der Waals surface area contributed by atoms with Crippen molar-refractivity contribution in [3.05, 3.63) is 51.5 Å². The maximum absolute atomic E-state index is 6.02. The lowest BCUT2D eigenvalue weighted by Gasteiger charge is -2.13. The second kappa shape index (κ2) is 7.57. The van der Waals surface area contributed by atoms with E-state index in [-0.39, 0.29) is 0 Å². The highest BCUT2D eigenvalue weighted by molar-refractivity contribution is 9.10. The minimum Gasteiger partial charge on any atom is -0.493 e. The first-order valence-electron chi connectivity index (χ1n) is 6.62. The quantitative estimate of drug-likeness (QED) is 0.765. The fraction of sp³-hybridized carbons (Fsp3) is 0.250. The van der Waals surface area contributed by atoms with Gasteiger partial charge < -0.3 is 14.8 Å². The number of methoxy groups -OCH3 is 1. The zero-order valence-corrected chi connectivity index (χ0v) is 14.3. The van der Waals surface area contributed by atoms with E-state index in [0.29, 0.717) is 13.2 Å². The third-order valence-corrected chi connectivity index (χ3v) is 3.96. The zero-order valence-electron chi connectivity index (χ0n) is 12.0. The Bertz CT molecular complexity index is 619. The lowest BCUT2D eigenvalue weighted by molar-refractivity contribution is 0.311. The molecule has 0 amide bonds. The van der Waals surface area contributed by atoms with E-state index in [1.165, 1.54) is 0 Å². The van der Waals surface area contributed by atoms with Gasteiger partial charge in [0.15, 0.2) is 11.5 Å². The molecule has 0 fully saturated rings. The summed E-state index contributed by atoms with van der Waals surface area (Å²) in [6, 6.07) is 11.5. The fourth-order valence-electron chi connectivity index (χ4n) is 1.93. The lowest BCUT2D eigenvalue weighted by atomic mass is 10.2. The molecule has 0 aliphatic carbocycles. The van der Waals surface area contributed by atoms with E-state index in [1.54, 1.807) is 7.11 Å². The largest absolute Gasteiger partial charge is 0.493 e. The van der Waals surface area contributed by atoms with Crippen molar-refractivity contribution in [3.63, 3.8) is 0 Å². The Hall–Kier alpha value is -1.39. The molecular formula is C16H17BrClNO2. The summed E-state index contributed by atoms with van der Waals surface area (Å²) in [6.45, 7) is 3.21. The van der Waals surface area contributed by atoms with Crippen LogP contribution in [-0.4, -0.2) is 13.7 Å². The van der Waals surface area contributed by atoms with Gasteiger partial charge in [0.25, 0.3) is 0 Å². The highest BCUT2D eigenvalue weighted by atomic mass is 79.9. The molecule has 0 saturated carbocycles. The molecule has 5 heteroatoms. The summed E-state index contributed by atoms with van der Waals surface area (Å²) < 4.78 is 11.9. The fourth-order valence-corrected chi connectivity index (χ4v) is 2.51. The van der Waals surface area contributed by atoms with Crippen molar-refractivity contribution in [2.45, 2.75) is 13.5 Å². The maximum Gasteiger partial charge on any atom is 0.163 e. The standard InChI is InChI=1S/C16H17BrClNO2/c1-3-21-16-9-13(5-7-15(16)20-2)19-10-11-8-12(18)4-6-14(11)17/h4-9,19H,3,10H2,1-2H3. The Balaban J connectivity index is 2.12. The van der Waals surface area contributed by atoms with E-state index in [1.807, 2.05) is 43.3 Å². The molecule has 112 valence electrons. The van der Waals surface area contributed by atoms with Crippen LogP contribution in [0, 0.1) is 0 Å². The molecule has 0 bridgehead atoms. The van der Waals surface area contributed by atoms with Crippen LogP contribution in [0.2, 0.25) is 5.02 Å². The van der Waals surface area contributed by atoms with E-state index in [4.69, 9.17) is 21.1 Å². The van der Waals surface area contributed by atoms with Crippen molar-refractivity contribution in [1.82, 2.24) is 0 Å². The number of nitrogens with one attached hydrogen (secondary N) is 1. The van der Waals surface area contributed by atoms with E-state index in [9.17, 15) is 0 Å². The van der Waals surface area contributed by atoms with Gasteiger partial charge in [0.05, 0.1) is 13.7 Å². The van der Waals surface area contributed by atoms with Crippen LogP contribution in [0.5, 0.6) is 11.5 Å². The van der Waals surface area contributed by atoms with Crippen molar-refractivity contribution in [2.75, 3.05) is 19.0 Å². The van der Waals surface area contributed by atoms with Crippen molar-refractivity contribution < 1.29 is 9.47 Å². The molecule has 2 aromatic rings. The average Bonchev–Trinajstić information content (AvgIpc) is 2.49. The third-order valence-electron chi connectivity index (χ3n) is 2.95. The van der Waals surface area contributed by atoms with Gasteiger partial charge in [0.1, 0.15) is 0 Å². The number of hydrogen-bond acceptors (Lipinski definition) is 3. The van der Waals surface area contributed by atoms with Crippen LogP contribution in [0.15, 0.2) is 40.9 Å². The first-order chi connectivity index (χ1) is 10.1. The number of anilines is 1. The van der Waals surface area contributed by atoms with Gasteiger partial charge in [-0.15, -0.1) is 0 Å². The zero-order chi connectivity index (χ0) is 15.2. The molecule has 0 aliphatic rings. The van der Waals surface area contributed by atoms with Crippen LogP contribution >= 0.6 is 27.5 Å². The topological polar surface area (TPSA) is 30.5 Å². The molecule has 2 aromatic carbocycles. The smallest absolute Gasteiger partial charge is 0.163 e. The molecule has 2 rings (SSSR count). The van der Waals surface area contributed by atoms with Gasteiger partial charge in [-0.05, 0) is 42.8 Å². The van der Waals surface area contributed by atoms with Crippen molar-refractivity contribution in [2.24, 2.45) is 0 Å². The van der Waals surface area contributed by atoms with Crippen molar-refractivity contribution >= 4 is 33.2 Å². The van der Waals surface area contributed by atoms with E-state index in [0.717, 1.165) is 32.2 Å². The molecular weight excluding hydrogens is 354 g/mol. The Kier molecular flexibility index (Phi) is 5.76. The van der Waals surface area contributed by atoms with Crippen molar-refractivity contribution in [3.8, 4) is 11.5 Å². The summed E-state index contributed by atoms with van der Waals surface area (Å²) in [7, 11) is 1.63. The molecule has 0 unspecified atom stereocenters. The maximum atomic E-state index is 6.02. The Labute approximate surface area is 138 Å². The minimum atomic E-state index is 0.597. The van der Waals surface area contributed by atoms with Crippen LogP contribution < -0.4 is 14.8 Å². The summed E-state index contributed by atoms with van der Waals surface area (Å²) in [4.78, 5) is 0. The molecule has 0 radical (unpaired) electrons. The molecule has 1 N–H and O–H groups in total. The van der Waals surface area contributed by atoms with Crippen LogP contribution in [0.4, 0.5) is 5.69 Å². The van der Waals surface area contributed by atoms with Crippen molar-refractivity contribution in [1.29, 1.82) is 0 Å². The molecule has 0 saturated heterocycles. The van der Waals surface area contributed by atoms with Gasteiger partial charge in [-0.25, -0.2) is 0 Å². The summed E-state index contributed by atoms with van der Waals surface area (Å²) in [6.07, 6.45) is 0. The second-order valence-electron chi connectivity index (χ2n) is 4.39. The van der Waals surface area contributed by atoms with E-state index < -0.39 is 0 Å². The van der Waals surface area contributed by atoms with Gasteiger partial charge in [-0.3, -0.25) is 0 Å². The van der Waals surface area contributed by atoms with Gasteiger partial charge >= 0.3 is 0 Å². The highest BCUT2D eigenvalue weighted by Gasteiger charge is 2.06. The summed E-state index contributed by atoms with van der Waals surface area (Å²) in [5, 5.41) is 4.08. The molecule has 3 nitrogen and oxygen atoms in total. The predicted octanol–water partition coefficient (Wildman–Crippen LogP) is 5.12. The van der Waals surface area contributed by atoms with Gasteiger partial charge in [-0.2, -0.15) is 0 Å². The Morgan fingerprint density at radius 3 is 2.67 bits per heavy atom. The normalized spacial score (nSPS) is 10.3. The number of ether oxygens (including phenoxy) is 2.